The second kappa shape index (κ2) is 9.59. The normalized spacial score (nSPS) is 12.5. The Hall–Kier alpha value is -2.51. The van der Waals surface area contributed by atoms with Gasteiger partial charge < -0.3 is 12.7 Å². The van der Waals surface area contributed by atoms with Crippen molar-refractivity contribution in [3.8, 4) is 0 Å². The fourth-order valence-corrected chi connectivity index (χ4v) is 2.32. The van der Waals surface area contributed by atoms with Crippen molar-refractivity contribution in [3.05, 3.63) is 55.6 Å². The Morgan fingerprint density at radius 3 is 2.46 bits per heavy atom. The lowest BCUT2D eigenvalue weighted by Crippen LogP contribution is -2.29. The van der Waals surface area contributed by atoms with Crippen molar-refractivity contribution in [3.63, 3.8) is 0 Å². The zero-order valence-electron chi connectivity index (χ0n) is 11.9. The molecule has 2 atom stereocenters. The molecule has 0 spiro atoms. The molecule has 24 heavy (non-hydrogen) atoms. The Morgan fingerprint density at radius 1 is 1.25 bits per heavy atom. The molecular formula is C12H11IN2O9. The standard InChI is InChI=1S/C12H11IN2O9/c13-23-12(17)11(10-4-2-1-3-8(10)6-16)5-9(24-15(20)21)7-22-14(18)19/h1-4,6,9,11H,5,7H2. The predicted molar refractivity (Wildman–Crippen MR) is 84.1 cm³/mol. The van der Waals surface area contributed by atoms with Gasteiger partial charge in [-0.25, -0.2) is 0 Å². The lowest BCUT2D eigenvalue weighted by molar-refractivity contribution is -0.790. The minimum absolute atomic E-state index is 0.180. The van der Waals surface area contributed by atoms with Crippen molar-refractivity contribution in [2.45, 2.75) is 18.4 Å². The van der Waals surface area contributed by atoms with Crippen LogP contribution in [-0.2, 0) is 17.5 Å². The van der Waals surface area contributed by atoms with Crippen molar-refractivity contribution in [2.24, 2.45) is 0 Å². The van der Waals surface area contributed by atoms with Crippen molar-refractivity contribution >= 4 is 35.3 Å². The molecule has 2 unspecified atom stereocenters. The SMILES string of the molecule is O=Cc1ccccc1C(CC(CO[N+](=O)[O-])O[N+](=O)[O-])C(=O)OI. The van der Waals surface area contributed by atoms with Crippen molar-refractivity contribution in [1.82, 2.24) is 0 Å². The number of carbonyl (C=O) groups excluding carboxylic acids is 2. The summed E-state index contributed by atoms with van der Waals surface area (Å²) >= 11 is 1.33. The molecule has 1 rings (SSSR count). The Morgan fingerprint density at radius 2 is 1.92 bits per heavy atom. The van der Waals surface area contributed by atoms with Crippen molar-refractivity contribution < 1.29 is 32.5 Å². The predicted octanol–water partition coefficient (Wildman–Crippen LogP) is 1.65. The number of hydrogen-bond donors (Lipinski definition) is 0. The van der Waals surface area contributed by atoms with Gasteiger partial charge in [0.1, 0.15) is 19.0 Å². The minimum Gasteiger partial charge on any atom is -0.394 e. The Kier molecular flexibility index (Phi) is 7.81. The van der Waals surface area contributed by atoms with Crippen LogP contribution in [0.25, 0.3) is 0 Å². The smallest absolute Gasteiger partial charge is 0.322 e. The maximum absolute atomic E-state index is 12.0. The molecular weight excluding hydrogens is 443 g/mol. The lowest BCUT2D eigenvalue weighted by atomic mass is 9.90. The van der Waals surface area contributed by atoms with E-state index in [-0.39, 0.29) is 17.5 Å². The first-order valence-electron chi connectivity index (χ1n) is 6.34. The molecule has 0 aliphatic heterocycles. The zero-order chi connectivity index (χ0) is 18.1. The third-order valence-electron chi connectivity index (χ3n) is 2.96. The number of nitrogens with zero attached hydrogens (tertiary/aromatic N) is 2. The molecule has 0 heterocycles. The summed E-state index contributed by atoms with van der Waals surface area (Å²) in [5, 5.41) is 18.5. The molecule has 1 aromatic rings. The topological polar surface area (TPSA) is 148 Å². The van der Waals surface area contributed by atoms with Gasteiger partial charge in [-0.3, -0.25) is 9.59 Å². The summed E-state index contributed by atoms with van der Waals surface area (Å²) in [6.07, 6.45) is -1.26. The maximum Gasteiger partial charge on any atom is 0.322 e. The second-order valence-corrected chi connectivity index (χ2v) is 4.84. The van der Waals surface area contributed by atoms with Crippen LogP contribution in [0.4, 0.5) is 0 Å². The summed E-state index contributed by atoms with van der Waals surface area (Å²) in [5.41, 5.74) is 0.437. The summed E-state index contributed by atoms with van der Waals surface area (Å²) in [5.74, 6) is -1.90. The molecule has 0 fully saturated rings. The summed E-state index contributed by atoms with van der Waals surface area (Å²) < 4.78 is 4.61. The molecule has 0 amide bonds. The van der Waals surface area contributed by atoms with Gasteiger partial charge in [0.05, 0.1) is 5.92 Å². The van der Waals surface area contributed by atoms with Crippen LogP contribution >= 0.6 is 23.0 Å². The molecule has 130 valence electrons. The van der Waals surface area contributed by atoms with E-state index in [2.05, 4.69) is 12.7 Å². The van der Waals surface area contributed by atoms with E-state index in [1.165, 1.54) is 35.1 Å². The van der Waals surface area contributed by atoms with Gasteiger partial charge in [0.15, 0.2) is 23.0 Å². The molecule has 0 aliphatic rings. The lowest BCUT2D eigenvalue weighted by Gasteiger charge is -2.20. The van der Waals surface area contributed by atoms with E-state index in [9.17, 15) is 29.8 Å². The van der Waals surface area contributed by atoms with Crippen molar-refractivity contribution in [1.29, 1.82) is 0 Å². The van der Waals surface area contributed by atoms with E-state index < -0.39 is 34.8 Å². The molecule has 0 aliphatic carbocycles. The summed E-state index contributed by atoms with van der Waals surface area (Å²) in [6, 6.07) is 6.06. The van der Waals surface area contributed by atoms with Gasteiger partial charge in [0, 0.05) is 5.56 Å². The second-order valence-electron chi connectivity index (χ2n) is 4.40. The highest BCUT2D eigenvalue weighted by molar-refractivity contribution is 14.1. The van der Waals surface area contributed by atoms with E-state index in [1.807, 2.05) is 0 Å². The van der Waals surface area contributed by atoms with Gasteiger partial charge in [-0.05, 0) is 12.0 Å². The maximum atomic E-state index is 12.0. The highest BCUT2D eigenvalue weighted by atomic mass is 127. The molecule has 0 radical (unpaired) electrons. The molecule has 0 bridgehead atoms. The number of carbonyl (C=O) groups is 2. The number of aldehydes is 1. The van der Waals surface area contributed by atoms with Gasteiger partial charge >= 0.3 is 5.97 Å². The summed E-state index contributed by atoms with van der Waals surface area (Å²) in [7, 11) is 0. The molecule has 0 saturated carbocycles. The first kappa shape index (κ1) is 19.5. The van der Waals surface area contributed by atoms with Crippen LogP contribution in [-0.4, -0.2) is 35.1 Å². The molecule has 12 heteroatoms. The quantitative estimate of drug-likeness (QED) is 0.223. The highest BCUT2D eigenvalue weighted by Gasteiger charge is 2.30. The molecule has 0 N–H and O–H groups in total. The van der Waals surface area contributed by atoms with Crippen molar-refractivity contribution in [2.75, 3.05) is 6.61 Å². The Bertz CT molecular complexity index is 624. The number of halogens is 1. The third-order valence-corrected chi connectivity index (χ3v) is 3.39. The van der Waals surface area contributed by atoms with Gasteiger partial charge in [-0.2, -0.15) is 0 Å². The van der Waals surface area contributed by atoms with Crippen LogP contribution in [0.2, 0.25) is 0 Å². The van der Waals surface area contributed by atoms with E-state index in [0.717, 1.165) is 0 Å². The first-order valence-corrected chi connectivity index (χ1v) is 7.22. The Balaban J connectivity index is 3.09. The highest BCUT2D eigenvalue weighted by Crippen LogP contribution is 2.27. The van der Waals surface area contributed by atoms with Gasteiger partial charge in [0.25, 0.3) is 10.2 Å². The van der Waals surface area contributed by atoms with Crippen LogP contribution in [0.15, 0.2) is 24.3 Å². The molecule has 0 aromatic heterocycles. The fraction of sp³-hybridized carbons (Fsp3) is 0.333. The van der Waals surface area contributed by atoms with E-state index in [0.29, 0.717) is 6.29 Å². The first-order chi connectivity index (χ1) is 11.4. The van der Waals surface area contributed by atoms with E-state index >= 15 is 0 Å². The Labute approximate surface area is 148 Å². The monoisotopic (exact) mass is 454 g/mol. The summed E-state index contributed by atoms with van der Waals surface area (Å²) in [4.78, 5) is 52.3. The van der Waals surface area contributed by atoms with Crippen LogP contribution < -0.4 is 0 Å². The molecule has 0 saturated heterocycles. The van der Waals surface area contributed by atoms with Crippen LogP contribution in [0.1, 0.15) is 28.3 Å². The average Bonchev–Trinajstić information content (AvgIpc) is 2.56. The fourth-order valence-electron chi connectivity index (χ4n) is 2.01. The number of benzene rings is 1. The summed E-state index contributed by atoms with van der Waals surface area (Å²) in [6.45, 7) is -0.762. The average molecular weight is 454 g/mol. The third kappa shape index (κ3) is 5.94. The number of rotatable bonds is 10. The molecule has 1 aromatic carbocycles. The van der Waals surface area contributed by atoms with Gasteiger partial charge in [-0.1, -0.05) is 24.3 Å². The van der Waals surface area contributed by atoms with Crippen LogP contribution in [0, 0.1) is 20.2 Å². The van der Waals surface area contributed by atoms with Gasteiger partial charge in [-0.15, -0.1) is 20.2 Å². The van der Waals surface area contributed by atoms with Crippen LogP contribution in [0.5, 0.6) is 0 Å². The van der Waals surface area contributed by atoms with E-state index in [4.69, 9.17) is 0 Å². The van der Waals surface area contributed by atoms with E-state index in [1.54, 1.807) is 12.1 Å². The molecule has 11 nitrogen and oxygen atoms in total. The number of hydrogen-bond acceptors (Lipinski definition) is 9. The zero-order valence-corrected chi connectivity index (χ0v) is 14.1. The minimum atomic E-state index is -1.41. The van der Waals surface area contributed by atoms with Crippen LogP contribution in [0.3, 0.4) is 0 Å². The van der Waals surface area contributed by atoms with Gasteiger partial charge in [0.2, 0.25) is 0 Å². The largest absolute Gasteiger partial charge is 0.394 e.